The lowest BCUT2D eigenvalue weighted by Crippen LogP contribution is -2.49. The van der Waals surface area contributed by atoms with Crippen LogP contribution < -0.4 is 5.32 Å². The van der Waals surface area contributed by atoms with Gasteiger partial charge in [-0.25, -0.2) is 9.50 Å². The van der Waals surface area contributed by atoms with Crippen LogP contribution >= 0.6 is 0 Å². The van der Waals surface area contributed by atoms with E-state index in [-0.39, 0.29) is 30.2 Å². The molecule has 0 radical (unpaired) electrons. The average Bonchev–Trinajstić information content (AvgIpc) is 3.37. The Bertz CT molecular complexity index is 982. The second-order valence-electron chi connectivity index (χ2n) is 6.81. The topological polar surface area (TPSA) is 113 Å². The lowest BCUT2D eigenvalue weighted by Gasteiger charge is -2.32. The first-order chi connectivity index (χ1) is 13.6. The minimum Gasteiger partial charge on any atom is -0.459 e. The molecule has 1 saturated heterocycles. The van der Waals surface area contributed by atoms with Gasteiger partial charge in [-0.15, -0.1) is 0 Å². The molecule has 0 bridgehead atoms. The van der Waals surface area contributed by atoms with Crippen LogP contribution in [-0.2, 0) is 6.42 Å². The van der Waals surface area contributed by atoms with Crippen LogP contribution in [0.2, 0.25) is 0 Å². The zero-order valence-corrected chi connectivity index (χ0v) is 15.2. The highest BCUT2D eigenvalue weighted by molar-refractivity contribution is 5.94. The first kappa shape index (κ1) is 18.2. The van der Waals surface area contributed by atoms with Crippen molar-refractivity contribution < 1.29 is 19.1 Å². The summed E-state index contributed by atoms with van der Waals surface area (Å²) < 4.78 is 6.72. The molecule has 3 aromatic heterocycles. The van der Waals surface area contributed by atoms with Crippen molar-refractivity contribution in [1.29, 1.82) is 0 Å². The van der Waals surface area contributed by atoms with Crippen LogP contribution in [-0.4, -0.2) is 62.2 Å². The van der Waals surface area contributed by atoms with E-state index in [0.717, 1.165) is 18.4 Å². The number of furan rings is 1. The molecule has 9 nitrogen and oxygen atoms in total. The summed E-state index contributed by atoms with van der Waals surface area (Å²) >= 11 is 0. The SMILES string of the molecule is O=C(N[C@H]1CCCN(C(=O)c2ccco2)C1)c1cc2ncc(CCO)cn2n1. The normalized spacial score (nSPS) is 17.0. The average molecular weight is 383 g/mol. The van der Waals surface area contributed by atoms with Crippen LogP contribution in [0.25, 0.3) is 5.65 Å². The third kappa shape index (κ3) is 3.74. The Balaban J connectivity index is 1.42. The van der Waals surface area contributed by atoms with Gasteiger partial charge in [0.15, 0.2) is 17.1 Å². The fraction of sp³-hybridized carbons (Fsp3) is 0.368. The number of hydrogen-bond acceptors (Lipinski definition) is 6. The van der Waals surface area contributed by atoms with Crippen LogP contribution in [0.3, 0.4) is 0 Å². The van der Waals surface area contributed by atoms with Crippen molar-refractivity contribution in [2.75, 3.05) is 19.7 Å². The summed E-state index contributed by atoms with van der Waals surface area (Å²) in [6, 6.07) is 4.79. The van der Waals surface area contributed by atoms with Gasteiger partial charge in [0, 0.05) is 44.2 Å². The molecule has 1 aliphatic heterocycles. The molecule has 0 saturated carbocycles. The van der Waals surface area contributed by atoms with E-state index in [4.69, 9.17) is 9.52 Å². The number of likely N-dealkylation sites (tertiary alicyclic amines) is 1. The Morgan fingerprint density at radius 1 is 1.39 bits per heavy atom. The van der Waals surface area contributed by atoms with Crippen molar-refractivity contribution >= 4 is 17.5 Å². The van der Waals surface area contributed by atoms with Crippen molar-refractivity contribution in [3.05, 3.63) is 53.9 Å². The molecule has 1 atom stereocenters. The zero-order valence-electron chi connectivity index (χ0n) is 15.2. The fourth-order valence-corrected chi connectivity index (χ4v) is 3.38. The number of carbonyl (C=O) groups excluding carboxylic acids is 2. The maximum atomic E-state index is 12.6. The minimum absolute atomic E-state index is 0.0245. The summed E-state index contributed by atoms with van der Waals surface area (Å²) in [7, 11) is 0. The number of aliphatic hydroxyl groups is 1. The molecule has 28 heavy (non-hydrogen) atoms. The molecule has 0 spiro atoms. The standard InChI is InChI=1S/C19H21N5O4/c25-7-5-13-10-20-17-9-15(22-24(17)11-13)18(26)21-14-3-1-6-23(12-14)19(27)16-4-2-8-28-16/h2,4,8-11,14,25H,1,3,5-7,12H2,(H,21,26)/t14-/m0/s1. The van der Waals surface area contributed by atoms with Crippen LogP contribution in [0, 0.1) is 0 Å². The second kappa shape index (κ2) is 7.81. The molecule has 4 heterocycles. The van der Waals surface area contributed by atoms with Gasteiger partial charge in [0.05, 0.1) is 6.26 Å². The first-order valence-electron chi connectivity index (χ1n) is 9.23. The molecule has 1 aliphatic rings. The fourth-order valence-electron chi connectivity index (χ4n) is 3.38. The number of rotatable bonds is 5. The second-order valence-corrected chi connectivity index (χ2v) is 6.81. The molecule has 4 rings (SSSR count). The van der Waals surface area contributed by atoms with Gasteiger partial charge in [-0.1, -0.05) is 0 Å². The zero-order chi connectivity index (χ0) is 19.5. The Labute approximate surface area is 161 Å². The van der Waals surface area contributed by atoms with Crippen molar-refractivity contribution in [3.63, 3.8) is 0 Å². The molecule has 1 fully saturated rings. The molecule has 2 amide bonds. The summed E-state index contributed by atoms with van der Waals surface area (Å²) in [6.45, 7) is 1.09. The summed E-state index contributed by atoms with van der Waals surface area (Å²) in [5.74, 6) is -0.166. The number of amides is 2. The van der Waals surface area contributed by atoms with E-state index in [1.807, 2.05) is 0 Å². The number of nitrogens with one attached hydrogen (secondary N) is 1. The van der Waals surface area contributed by atoms with Crippen LogP contribution in [0.5, 0.6) is 0 Å². The molecule has 0 unspecified atom stereocenters. The number of nitrogens with zero attached hydrogens (tertiary/aromatic N) is 4. The smallest absolute Gasteiger partial charge is 0.289 e. The van der Waals surface area contributed by atoms with E-state index in [9.17, 15) is 9.59 Å². The lowest BCUT2D eigenvalue weighted by atomic mass is 10.1. The van der Waals surface area contributed by atoms with Gasteiger partial charge >= 0.3 is 0 Å². The molecule has 0 aromatic carbocycles. The van der Waals surface area contributed by atoms with Crippen molar-refractivity contribution in [2.24, 2.45) is 0 Å². The van der Waals surface area contributed by atoms with E-state index in [0.29, 0.717) is 30.9 Å². The van der Waals surface area contributed by atoms with E-state index in [1.54, 1.807) is 35.5 Å². The monoisotopic (exact) mass is 383 g/mol. The van der Waals surface area contributed by atoms with Crippen LogP contribution in [0.15, 0.2) is 41.3 Å². The molecular weight excluding hydrogens is 362 g/mol. The Kier molecular flexibility index (Phi) is 5.07. The molecule has 3 aromatic rings. The highest BCUT2D eigenvalue weighted by Crippen LogP contribution is 2.15. The first-order valence-corrected chi connectivity index (χ1v) is 9.23. The number of aliphatic hydroxyl groups excluding tert-OH is 1. The maximum absolute atomic E-state index is 12.6. The Morgan fingerprint density at radius 2 is 2.29 bits per heavy atom. The number of aromatic nitrogens is 3. The predicted octanol–water partition coefficient (Wildman–Crippen LogP) is 0.892. The maximum Gasteiger partial charge on any atom is 0.289 e. The third-order valence-electron chi connectivity index (χ3n) is 4.78. The van der Waals surface area contributed by atoms with Gasteiger partial charge in [-0.2, -0.15) is 5.10 Å². The molecule has 9 heteroatoms. The van der Waals surface area contributed by atoms with E-state index in [2.05, 4.69) is 15.4 Å². The predicted molar refractivity (Wildman–Crippen MR) is 98.9 cm³/mol. The highest BCUT2D eigenvalue weighted by atomic mass is 16.3. The Hall–Kier alpha value is -3.20. The van der Waals surface area contributed by atoms with Gasteiger partial charge in [-0.3, -0.25) is 9.59 Å². The number of piperidine rings is 1. The van der Waals surface area contributed by atoms with Crippen LogP contribution in [0.4, 0.5) is 0 Å². The van der Waals surface area contributed by atoms with E-state index >= 15 is 0 Å². The summed E-state index contributed by atoms with van der Waals surface area (Å²) in [5, 5.41) is 16.3. The van der Waals surface area contributed by atoms with Gasteiger partial charge in [0.1, 0.15) is 0 Å². The quantitative estimate of drug-likeness (QED) is 0.677. The van der Waals surface area contributed by atoms with E-state index in [1.165, 1.54) is 10.8 Å². The van der Waals surface area contributed by atoms with Gasteiger partial charge in [0.25, 0.3) is 11.8 Å². The summed E-state index contributed by atoms with van der Waals surface area (Å²) in [5.41, 5.74) is 1.66. The van der Waals surface area contributed by atoms with Gasteiger partial charge < -0.3 is 19.7 Å². The summed E-state index contributed by atoms with van der Waals surface area (Å²) in [4.78, 5) is 31.0. The Morgan fingerprint density at radius 3 is 3.07 bits per heavy atom. The molecular formula is C19H21N5O4. The van der Waals surface area contributed by atoms with Gasteiger partial charge in [0.2, 0.25) is 0 Å². The van der Waals surface area contributed by atoms with E-state index < -0.39 is 0 Å². The van der Waals surface area contributed by atoms with Crippen molar-refractivity contribution in [1.82, 2.24) is 24.8 Å². The largest absolute Gasteiger partial charge is 0.459 e. The van der Waals surface area contributed by atoms with Crippen LogP contribution in [0.1, 0.15) is 39.4 Å². The number of fused-ring (bicyclic) bond motifs is 1. The third-order valence-corrected chi connectivity index (χ3v) is 4.78. The minimum atomic E-state index is -0.300. The molecule has 146 valence electrons. The van der Waals surface area contributed by atoms with Gasteiger partial charge in [-0.05, 0) is 37.0 Å². The van der Waals surface area contributed by atoms with Crippen molar-refractivity contribution in [2.45, 2.75) is 25.3 Å². The number of carbonyl (C=O) groups is 2. The molecule has 2 N–H and O–H groups in total. The summed E-state index contributed by atoms with van der Waals surface area (Å²) in [6.07, 6.45) is 6.95. The van der Waals surface area contributed by atoms with Crippen molar-refractivity contribution in [3.8, 4) is 0 Å². The highest BCUT2D eigenvalue weighted by Gasteiger charge is 2.27. The molecule has 0 aliphatic carbocycles. The number of hydrogen-bond donors (Lipinski definition) is 2. The lowest BCUT2D eigenvalue weighted by molar-refractivity contribution is 0.0646.